The van der Waals surface area contributed by atoms with E-state index in [2.05, 4.69) is 15.3 Å². The second-order valence-corrected chi connectivity index (χ2v) is 4.61. The third kappa shape index (κ3) is 4.03. The number of amides is 1. The fourth-order valence-electron chi connectivity index (χ4n) is 1.64. The van der Waals surface area contributed by atoms with E-state index in [4.69, 9.17) is 11.6 Å². The fourth-order valence-corrected chi connectivity index (χ4v) is 1.77. The SMILES string of the molecule is Cc1cc(C(=O)NCCc2ccc(Cl)cc2)ncn1. The molecule has 0 spiro atoms. The third-order valence-electron chi connectivity index (χ3n) is 2.65. The molecule has 0 aliphatic carbocycles. The van der Waals surface area contributed by atoms with Crippen LogP contribution < -0.4 is 5.32 Å². The summed E-state index contributed by atoms with van der Waals surface area (Å²) < 4.78 is 0. The molecule has 1 aromatic carbocycles. The van der Waals surface area contributed by atoms with Crippen LogP contribution in [-0.2, 0) is 6.42 Å². The molecule has 2 aromatic rings. The Morgan fingerprint density at radius 1 is 1.26 bits per heavy atom. The Hall–Kier alpha value is -1.94. The van der Waals surface area contributed by atoms with E-state index in [9.17, 15) is 4.79 Å². The van der Waals surface area contributed by atoms with Crippen LogP contribution in [0.25, 0.3) is 0 Å². The van der Waals surface area contributed by atoms with Crippen molar-refractivity contribution in [2.45, 2.75) is 13.3 Å². The standard InChI is InChI=1S/C14H14ClN3O/c1-10-8-13(18-9-17-10)14(19)16-7-6-11-2-4-12(15)5-3-11/h2-5,8-9H,6-7H2,1H3,(H,16,19). The highest BCUT2D eigenvalue weighted by Gasteiger charge is 2.06. The molecule has 19 heavy (non-hydrogen) atoms. The molecule has 4 nitrogen and oxygen atoms in total. The summed E-state index contributed by atoms with van der Waals surface area (Å²) in [6.45, 7) is 2.38. The summed E-state index contributed by atoms with van der Waals surface area (Å²) >= 11 is 5.81. The van der Waals surface area contributed by atoms with E-state index in [1.165, 1.54) is 6.33 Å². The topological polar surface area (TPSA) is 54.9 Å². The number of carbonyl (C=O) groups is 1. The number of aromatic nitrogens is 2. The summed E-state index contributed by atoms with van der Waals surface area (Å²) in [5.74, 6) is -0.181. The summed E-state index contributed by atoms with van der Waals surface area (Å²) in [5.41, 5.74) is 2.30. The molecule has 0 aliphatic heterocycles. The smallest absolute Gasteiger partial charge is 0.270 e. The number of hydrogen-bond acceptors (Lipinski definition) is 3. The molecule has 2 rings (SSSR count). The van der Waals surface area contributed by atoms with Crippen LogP contribution in [0.15, 0.2) is 36.7 Å². The van der Waals surface area contributed by atoms with E-state index in [1.807, 2.05) is 31.2 Å². The van der Waals surface area contributed by atoms with Crippen LogP contribution in [-0.4, -0.2) is 22.4 Å². The van der Waals surface area contributed by atoms with Crippen LogP contribution in [0.3, 0.4) is 0 Å². The molecule has 0 fully saturated rings. The highest BCUT2D eigenvalue weighted by molar-refractivity contribution is 6.30. The van der Waals surface area contributed by atoms with Crippen molar-refractivity contribution in [2.75, 3.05) is 6.54 Å². The van der Waals surface area contributed by atoms with E-state index in [1.54, 1.807) is 6.07 Å². The molecule has 98 valence electrons. The summed E-state index contributed by atoms with van der Waals surface area (Å²) in [7, 11) is 0. The van der Waals surface area contributed by atoms with E-state index >= 15 is 0 Å². The quantitative estimate of drug-likeness (QED) is 0.932. The van der Waals surface area contributed by atoms with Crippen molar-refractivity contribution in [1.29, 1.82) is 0 Å². The van der Waals surface area contributed by atoms with Crippen LogP contribution in [0.1, 0.15) is 21.7 Å². The van der Waals surface area contributed by atoms with Crippen LogP contribution in [0.4, 0.5) is 0 Å². The number of nitrogens with one attached hydrogen (secondary N) is 1. The first-order valence-corrected chi connectivity index (χ1v) is 6.34. The summed E-state index contributed by atoms with van der Waals surface area (Å²) in [6.07, 6.45) is 2.15. The fraction of sp³-hybridized carbons (Fsp3) is 0.214. The van der Waals surface area contributed by atoms with Crippen LogP contribution in [0.5, 0.6) is 0 Å². The van der Waals surface area contributed by atoms with Gasteiger partial charge in [0.2, 0.25) is 0 Å². The van der Waals surface area contributed by atoms with Gasteiger partial charge < -0.3 is 5.32 Å². The summed E-state index contributed by atoms with van der Waals surface area (Å²) in [6, 6.07) is 9.24. The van der Waals surface area contributed by atoms with E-state index < -0.39 is 0 Å². The zero-order valence-electron chi connectivity index (χ0n) is 10.6. The second kappa shape index (κ2) is 6.29. The number of rotatable bonds is 4. The number of nitrogens with zero attached hydrogens (tertiary/aromatic N) is 2. The first-order valence-electron chi connectivity index (χ1n) is 5.96. The second-order valence-electron chi connectivity index (χ2n) is 4.18. The van der Waals surface area contributed by atoms with Crippen molar-refractivity contribution in [2.24, 2.45) is 0 Å². The van der Waals surface area contributed by atoms with Gasteiger partial charge in [0.25, 0.3) is 5.91 Å². The van der Waals surface area contributed by atoms with Gasteiger partial charge in [-0.3, -0.25) is 4.79 Å². The Morgan fingerprint density at radius 3 is 2.68 bits per heavy atom. The van der Waals surface area contributed by atoms with Gasteiger partial charge in [-0.1, -0.05) is 23.7 Å². The van der Waals surface area contributed by atoms with E-state index in [-0.39, 0.29) is 5.91 Å². The van der Waals surface area contributed by atoms with Crippen molar-refractivity contribution >= 4 is 17.5 Å². The molecule has 5 heteroatoms. The lowest BCUT2D eigenvalue weighted by Crippen LogP contribution is -2.26. The minimum Gasteiger partial charge on any atom is -0.350 e. The highest BCUT2D eigenvalue weighted by atomic mass is 35.5. The van der Waals surface area contributed by atoms with Crippen LogP contribution >= 0.6 is 11.6 Å². The van der Waals surface area contributed by atoms with Gasteiger partial charge in [-0.15, -0.1) is 0 Å². The Bertz CT molecular complexity index is 569. The Labute approximate surface area is 116 Å². The van der Waals surface area contributed by atoms with Gasteiger partial charge >= 0.3 is 0 Å². The van der Waals surface area contributed by atoms with Gasteiger partial charge in [-0.25, -0.2) is 9.97 Å². The van der Waals surface area contributed by atoms with E-state index in [0.29, 0.717) is 17.3 Å². The molecule has 1 amide bonds. The maximum Gasteiger partial charge on any atom is 0.270 e. The maximum absolute atomic E-state index is 11.8. The first kappa shape index (κ1) is 13.5. The molecule has 0 atom stereocenters. The molecule has 0 unspecified atom stereocenters. The summed E-state index contributed by atoms with van der Waals surface area (Å²) in [4.78, 5) is 19.7. The predicted octanol–water partition coefficient (Wildman–Crippen LogP) is 2.41. The van der Waals surface area contributed by atoms with Crippen molar-refractivity contribution in [3.63, 3.8) is 0 Å². The summed E-state index contributed by atoms with van der Waals surface area (Å²) in [5, 5.41) is 3.54. The van der Waals surface area contributed by atoms with Crippen molar-refractivity contribution in [1.82, 2.24) is 15.3 Å². The molecule has 1 N–H and O–H groups in total. The van der Waals surface area contributed by atoms with Gasteiger partial charge in [0, 0.05) is 17.3 Å². The van der Waals surface area contributed by atoms with Crippen LogP contribution in [0.2, 0.25) is 5.02 Å². The molecular formula is C14H14ClN3O. The molecule has 0 saturated carbocycles. The van der Waals surface area contributed by atoms with E-state index in [0.717, 1.165) is 17.7 Å². The Balaban J connectivity index is 1.86. The average molecular weight is 276 g/mol. The lowest BCUT2D eigenvalue weighted by molar-refractivity contribution is 0.0949. The third-order valence-corrected chi connectivity index (χ3v) is 2.90. The number of halogens is 1. The lowest BCUT2D eigenvalue weighted by atomic mass is 10.1. The van der Waals surface area contributed by atoms with Crippen molar-refractivity contribution in [3.8, 4) is 0 Å². The molecule has 0 bridgehead atoms. The van der Waals surface area contributed by atoms with Gasteiger partial charge in [-0.2, -0.15) is 0 Å². The van der Waals surface area contributed by atoms with Gasteiger partial charge in [-0.05, 0) is 37.1 Å². The molecule has 0 aliphatic rings. The number of benzene rings is 1. The average Bonchev–Trinajstić information content (AvgIpc) is 2.41. The monoisotopic (exact) mass is 275 g/mol. The van der Waals surface area contributed by atoms with Gasteiger partial charge in [0.05, 0.1) is 0 Å². The molecular weight excluding hydrogens is 262 g/mol. The maximum atomic E-state index is 11.8. The molecule has 0 saturated heterocycles. The first-order chi connectivity index (χ1) is 9.15. The number of carbonyl (C=O) groups excluding carboxylic acids is 1. The highest BCUT2D eigenvalue weighted by Crippen LogP contribution is 2.09. The number of hydrogen-bond donors (Lipinski definition) is 1. The zero-order valence-corrected chi connectivity index (χ0v) is 11.3. The van der Waals surface area contributed by atoms with Gasteiger partial charge in [0.15, 0.2) is 0 Å². The molecule has 0 radical (unpaired) electrons. The van der Waals surface area contributed by atoms with Crippen molar-refractivity contribution < 1.29 is 4.79 Å². The normalized spacial score (nSPS) is 10.2. The minimum atomic E-state index is -0.181. The minimum absolute atomic E-state index is 0.181. The zero-order chi connectivity index (χ0) is 13.7. The predicted molar refractivity (Wildman–Crippen MR) is 74.3 cm³/mol. The lowest BCUT2D eigenvalue weighted by Gasteiger charge is -2.05. The van der Waals surface area contributed by atoms with Crippen molar-refractivity contribution in [3.05, 3.63) is 58.6 Å². The Morgan fingerprint density at radius 2 is 2.00 bits per heavy atom. The molecule has 1 heterocycles. The molecule has 1 aromatic heterocycles. The van der Waals surface area contributed by atoms with Gasteiger partial charge in [0.1, 0.15) is 12.0 Å². The Kier molecular flexibility index (Phi) is 4.47. The largest absolute Gasteiger partial charge is 0.350 e. The number of aryl methyl sites for hydroxylation is 1. The van der Waals surface area contributed by atoms with Crippen LogP contribution in [0, 0.1) is 6.92 Å².